The molecule has 0 fully saturated rings. The fourth-order valence-electron chi connectivity index (χ4n) is 1.36. The molecule has 0 saturated carbocycles. The van der Waals surface area contributed by atoms with Gasteiger partial charge in [0.25, 0.3) is 10.0 Å². The molecule has 2 aromatic rings. The van der Waals surface area contributed by atoms with E-state index < -0.39 is 20.7 Å². The summed E-state index contributed by atoms with van der Waals surface area (Å²) in [6.45, 7) is 1.68. The van der Waals surface area contributed by atoms with Crippen LogP contribution in [0.15, 0.2) is 41.7 Å². The molecule has 18 heavy (non-hydrogen) atoms. The van der Waals surface area contributed by atoms with Gasteiger partial charge in [-0.3, -0.25) is 4.72 Å². The van der Waals surface area contributed by atoms with Gasteiger partial charge in [-0.15, -0.1) is 0 Å². The van der Waals surface area contributed by atoms with E-state index in [-0.39, 0.29) is 5.82 Å². The minimum atomic E-state index is -3.98. The largest absolute Gasteiger partial charge is 0.265 e. The van der Waals surface area contributed by atoms with Crippen molar-refractivity contribution in [3.63, 3.8) is 0 Å². The number of anilines is 1. The molecule has 7 heteroatoms. The Morgan fingerprint density at radius 1 is 1.28 bits per heavy atom. The standard InChI is InChI=1S/C11H10FN3O2S/c1-8-2-3-9(12)10(6-8)18(16,17)15-11-4-5-13-7-14-11/h2-7H,1H3,(H,13,14,15). The smallest absolute Gasteiger partial charge is 0.263 e. The normalized spacial score (nSPS) is 11.2. The highest BCUT2D eigenvalue weighted by Crippen LogP contribution is 2.18. The van der Waals surface area contributed by atoms with Gasteiger partial charge < -0.3 is 0 Å². The highest BCUT2D eigenvalue weighted by molar-refractivity contribution is 7.92. The molecule has 0 aliphatic rings. The number of sulfonamides is 1. The zero-order valence-corrected chi connectivity index (χ0v) is 10.3. The second-order valence-corrected chi connectivity index (χ2v) is 5.28. The van der Waals surface area contributed by atoms with E-state index in [1.54, 1.807) is 6.92 Å². The van der Waals surface area contributed by atoms with E-state index >= 15 is 0 Å². The van der Waals surface area contributed by atoms with E-state index in [2.05, 4.69) is 14.7 Å². The van der Waals surface area contributed by atoms with E-state index in [1.807, 2.05) is 0 Å². The molecule has 0 bridgehead atoms. The summed E-state index contributed by atoms with van der Waals surface area (Å²) in [5.41, 5.74) is 0.652. The van der Waals surface area contributed by atoms with Gasteiger partial charge in [-0.1, -0.05) is 6.07 Å². The van der Waals surface area contributed by atoms with Crippen molar-refractivity contribution in [3.05, 3.63) is 48.2 Å². The zero-order chi connectivity index (χ0) is 13.2. The van der Waals surface area contributed by atoms with Crippen molar-refractivity contribution in [3.8, 4) is 0 Å². The van der Waals surface area contributed by atoms with Crippen LogP contribution in [0.4, 0.5) is 10.2 Å². The van der Waals surface area contributed by atoms with E-state index in [9.17, 15) is 12.8 Å². The molecule has 0 radical (unpaired) electrons. The molecule has 0 amide bonds. The van der Waals surface area contributed by atoms with Gasteiger partial charge in [0.05, 0.1) is 0 Å². The van der Waals surface area contributed by atoms with E-state index in [4.69, 9.17) is 0 Å². The number of nitrogens with zero attached hydrogens (tertiary/aromatic N) is 2. The predicted octanol–water partition coefficient (Wildman–Crippen LogP) is 1.72. The van der Waals surface area contributed by atoms with Gasteiger partial charge in [-0.2, -0.15) is 0 Å². The van der Waals surface area contributed by atoms with Crippen molar-refractivity contribution in [1.82, 2.24) is 9.97 Å². The Morgan fingerprint density at radius 2 is 2.06 bits per heavy atom. The molecule has 0 saturated heterocycles. The lowest BCUT2D eigenvalue weighted by Crippen LogP contribution is -2.15. The number of aryl methyl sites for hydroxylation is 1. The van der Waals surface area contributed by atoms with Gasteiger partial charge in [0.15, 0.2) is 0 Å². The van der Waals surface area contributed by atoms with Crippen molar-refractivity contribution < 1.29 is 12.8 Å². The zero-order valence-electron chi connectivity index (χ0n) is 9.46. The van der Waals surface area contributed by atoms with Gasteiger partial charge in [0.1, 0.15) is 22.9 Å². The lowest BCUT2D eigenvalue weighted by Gasteiger charge is -2.08. The first kappa shape index (κ1) is 12.4. The number of rotatable bonds is 3. The molecule has 0 aliphatic carbocycles. The molecule has 1 aromatic heterocycles. The average molecular weight is 267 g/mol. The highest BCUT2D eigenvalue weighted by atomic mass is 32.2. The summed E-state index contributed by atoms with van der Waals surface area (Å²) in [5, 5.41) is 0. The Bertz CT molecular complexity index is 659. The van der Waals surface area contributed by atoms with Crippen LogP contribution in [-0.4, -0.2) is 18.4 Å². The van der Waals surface area contributed by atoms with Gasteiger partial charge >= 0.3 is 0 Å². The number of hydrogen-bond acceptors (Lipinski definition) is 4. The Balaban J connectivity index is 2.40. The molecule has 0 spiro atoms. The lowest BCUT2D eigenvalue weighted by molar-refractivity contribution is 0.569. The number of nitrogens with one attached hydrogen (secondary N) is 1. The summed E-state index contributed by atoms with van der Waals surface area (Å²) >= 11 is 0. The number of hydrogen-bond donors (Lipinski definition) is 1. The number of aromatic nitrogens is 2. The van der Waals surface area contributed by atoms with Gasteiger partial charge in [-0.25, -0.2) is 22.8 Å². The number of halogens is 1. The maximum atomic E-state index is 13.5. The second kappa shape index (κ2) is 4.69. The first-order chi connectivity index (χ1) is 8.49. The lowest BCUT2D eigenvalue weighted by atomic mass is 10.2. The molecule has 5 nitrogen and oxygen atoms in total. The molecule has 0 atom stereocenters. The third-order valence-electron chi connectivity index (χ3n) is 2.20. The molecule has 2 rings (SSSR count). The Labute approximate surface area is 104 Å². The van der Waals surface area contributed by atoms with E-state index in [0.29, 0.717) is 5.56 Å². The van der Waals surface area contributed by atoms with Crippen LogP contribution in [0.5, 0.6) is 0 Å². The van der Waals surface area contributed by atoms with Gasteiger partial charge in [0.2, 0.25) is 0 Å². The molecule has 0 aliphatic heterocycles. The van der Waals surface area contributed by atoms with E-state index in [0.717, 1.165) is 6.07 Å². The number of benzene rings is 1. The van der Waals surface area contributed by atoms with Crippen molar-refractivity contribution in [2.24, 2.45) is 0 Å². The van der Waals surface area contributed by atoms with Crippen LogP contribution in [0.3, 0.4) is 0 Å². The molecule has 1 N–H and O–H groups in total. The molecular weight excluding hydrogens is 257 g/mol. The van der Waals surface area contributed by atoms with Crippen molar-refractivity contribution >= 4 is 15.8 Å². The summed E-state index contributed by atoms with van der Waals surface area (Å²) in [4.78, 5) is 6.98. The SMILES string of the molecule is Cc1ccc(F)c(S(=O)(=O)Nc2ccncn2)c1. The minimum absolute atomic E-state index is 0.0888. The average Bonchev–Trinajstić information content (AvgIpc) is 2.33. The van der Waals surface area contributed by atoms with Crippen molar-refractivity contribution in [1.29, 1.82) is 0 Å². The highest BCUT2D eigenvalue weighted by Gasteiger charge is 2.19. The Kier molecular flexibility index (Phi) is 3.24. The van der Waals surface area contributed by atoms with Crippen LogP contribution in [0.2, 0.25) is 0 Å². The maximum absolute atomic E-state index is 13.5. The van der Waals surface area contributed by atoms with Crippen LogP contribution >= 0.6 is 0 Å². The third-order valence-corrected chi connectivity index (χ3v) is 3.57. The summed E-state index contributed by atoms with van der Waals surface area (Å²) in [7, 11) is -3.98. The Hall–Kier alpha value is -2.02. The van der Waals surface area contributed by atoms with Crippen molar-refractivity contribution in [2.45, 2.75) is 11.8 Å². The van der Waals surface area contributed by atoms with Gasteiger partial charge in [0, 0.05) is 6.20 Å². The minimum Gasteiger partial charge on any atom is -0.263 e. The molecule has 0 unspecified atom stereocenters. The molecule has 1 aromatic carbocycles. The predicted molar refractivity (Wildman–Crippen MR) is 64.0 cm³/mol. The molecule has 1 heterocycles. The van der Waals surface area contributed by atoms with Crippen LogP contribution in [0, 0.1) is 12.7 Å². The monoisotopic (exact) mass is 267 g/mol. The Morgan fingerprint density at radius 3 is 2.72 bits per heavy atom. The molecular formula is C11H10FN3O2S. The van der Waals surface area contributed by atoms with Gasteiger partial charge in [-0.05, 0) is 30.7 Å². The topological polar surface area (TPSA) is 72.0 Å². The summed E-state index contributed by atoms with van der Waals surface area (Å²) in [6.07, 6.45) is 2.59. The van der Waals surface area contributed by atoms with E-state index in [1.165, 1.54) is 30.7 Å². The fourth-order valence-corrected chi connectivity index (χ4v) is 2.53. The second-order valence-electron chi connectivity index (χ2n) is 3.63. The first-order valence-electron chi connectivity index (χ1n) is 5.04. The summed E-state index contributed by atoms with van der Waals surface area (Å²) in [6, 6.07) is 5.26. The van der Waals surface area contributed by atoms with Crippen LogP contribution < -0.4 is 4.72 Å². The van der Waals surface area contributed by atoms with Crippen LogP contribution in [0.1, 0.15) is 5.56 Å². The third kappa shape index (κ3) is 2.62. The maximum Gasteiger partial charge on any atom is 0.265 e. The summed E-state index contributed by atoms with van der Waals surface area (Å²) in [5.74, 6) is -0.715. The molecule has 94 valence electrons. The van der Waals surface area contributed by atoms with Crippen LogP contribution in [0.25, 0.3) is 0 Å². The summed E-state index contributed by atoms with van der Waals surface area (Å²) < 4.78 is 39.6. The van der Waals surface area contributed by atoms with Crippen molar-refractivity contribution in [2.75, 3.05) is 4.72 Å². The van der Waals surface area contributed by atoms with Crippen LogP contribution in [-0.2, 0) is 10.0 Å². The quantitative estimate of drug-likeness (QED) is 0.919. The fraction of sp³-hybridized carbons (Fsp3) is 0.0909. The first-order valence-corrected chi connectivity index (χ1v) is 6.52.